The Morgan fingerprint density at radius 2 is 1.94 bits per heavy atom. The smallest absolute Gasteiger partial charge is 0.248 e. The Kier molecular flexibility index (Phi) is 5.96. The zero-order valence-electron chi connectivity index (χ0n) is 18.9. The second-order valence-electron chi connectivity index (χ2n) is 9.64. The summed E-state index contributed by atoms with van der Waals surface area (Å²) in [5.41, 5.74) is -0.299. The molecular weight excluding hydrogens is 424 g/mol. The van der Waals surface area contributed by atoms with Gasteiger partial charge in [0, 0.05) is 34.1 Å². The van der Waals surface area contributed by atoms with Crippen LogP contribution in [0.5, 0.6) is 0 Å². The van der Waals surface area contributed by atoms with Crippen LogP contribution in [0.4, 0.5) is 0 Å². The molecule has 1 saturated heterocycles. The largest absolute Gasteiger partial charge is 0.391 e. The average molecular weight is 457 g/mol. The Bertz CT molecular complexity index is 963. The van der Waals surface area contributed by atoms with Crippen LogP contribution in [0.2, 0.25) is 0 Å². The molecule has 0 aromatic carbocycles. The van der Waals surface area contributed by atoms with E-state index in [1.54, 1.807) is 0 Å². The Labute approximate surface area is 182 Å². The van der Waals surface area contributed by atoms with Crippen LogP contribution in [0.15, 0.2) is 6.20 Å². The highest BCUT2D eigenvalue weighted by molar-refractivity contribution is 7.90. The van der Waals surface area contributed by atoms with Crippen LogP contribution < -0.4 is 5.32 Å². The average Bonchev–Trinajstić information content (AvgIpc) is 3.19. The van der Waals surface area contributed by atoms with Crippen molar-refractivity contribution in [1.29, 1.82) is 0 Å². The van der Waals surface area contributed by atoms with Gasteiger partial charge in [0.25, 0.3) is 0 Å². The fourth-order valence-corrected chi connectivity index (χ4v) is 5.91. The topological polar surface area (TPSA) is 138 Å². The highest BCUT2D eigenvalue weighted by Crippen LogP contribution is 2.53. The molecule has 1 aromatic rings. The van der Waals surface area contributed by atoms with Gasteiger partial charge in [0.1, 0.15) is 22.5 Å². The van der Waals surface area contributed by atoms with Gasteiger partial charge in [-0.3, -0.25) is 9.59 Å². The minimum atomic E-state index is -3.60. The van der Waals surface area contributed by atoms with Gasteiger partial charge in [0.05, 0.1) is 12.3 Å². The van der Waals surface area contributed by atoms with Crippen molar-refractivity contribution in [3.8, 4) is 0 Å². The number of likely N-dealkylation sites (tertiary alicyclic amines) is 1. The summed E-state index contributed by atoms with van der Waals surface area (Å²) in [7, 11) is 0.860. The molecule has 0 bridgehead atoms. The minimum absolute atomic E-state index is 0.0456. The Morgan fingerprint density at radius 3 is 2.42 bits per heavy atom. The predicted molar refractivity (Wildman–Crippen MR) is 112 cm³/mol. The number of β-amino-alcohol motifs (C(OH)–C–C–N with tert-alkyl or cyclic N) is 1. The van der Waals surface area contributed by atoms with Crippen LogP contribution in [0.25, 0.3) is 0 Å². The number of aliphatic hydroxyl groups is 1. The molecule has 0 spiro atoms. The summed E-state index contributed by atoms with van der Waals surface area (Å²) < 4.78 is 27.1. The van der Waals surface area contributed by atoms with Crippen LogP contribution >= 0.6 is 0 Å². The molecule has 0 radical (unpaired) electrons. The number of aromatic nitrogens is 3. The van der Waals surface area contributed by atoms with Crippen molar-refractivity contribution in [2.75, 3.05) is 27.7 Å². The minimum Gasteiger partial charge on any atom is -0.391 e. The summed E-state index contributed by atoms with van der Waals surface area (Å²) in [4.78, 5) is 27.2. The Balaban J connectivity index is 1.97. The number of nitrogens with one attached hydrogen (secondary N) is 1. The fraction of sp³-hybridized carbons (Fsp3) is 0.789. The van der Waals surface area contributed by atoms with Crippen molar-refractivity contribution in [2.24, 2.45) is 5.41 Å². The van der Waals surface area contributed by atoms with E-state index < -0.39 is 38.4 Å². The molecule has 12 heteroatoms. The van der Waals surface area contributed by atoms with Crippen molar-refractivity contribution in [3.63, 3.8) is 0 Å². The number of aliphatic hydroxyl groups excluding tert-OH is 1. The van der Waals surface area contributed by atoms with Gasteiger partial charge in [0.15, 0.2) is 0 Å². The molecule has 2 N–H and O–H groups in total. The number of likely N-dealkylation sites (N-methyl/N-ethyl adjacent to an activating group) is 1. The number of hydrogen-bond acceptors (Lipinski definition) is 7. The fourth-order valence-electron chi connectivity index (χ4n) is 4.23. The molecule has 31 heavy (non-hydrogen) atoms. The molecule has 1 aliphatic carbocycles. The highest BCUT2D eigenvalue weighted by Gasteiger charge is 2.59. The second kappa shape index (κ2) is 7.82. The molecule has 1 aromatic heterocycles. The standard InChI is InChI=1S/C19H32N6O5S/c1-18(2,3)15(17(28)24-10-12(26)9-13(24)16(27)20-4)25-11-14(21-22-25)19(7-8-19)31(29,30)23(5)6/h11-13,15,26H,7-10H2,1-6H3,(H,20,27)/t12?,13?,15-/m1/s1. The summed E-state index contributed by atoms with van der Waals surface area (Å²) in [6, 6.07) is -1.60. The summed E-state index contributed by atoms with van der Waals surface area (Å²) in [6.07, 6.45) is 1.78. The first-order valence-electron chi connectivity index (χ1n) is 10.3. The van der Waals surface area contributed by atoms with E-state index in [9.17, 15) is 23.1 Å². The van der Waals surface area contributed by atoms with E-state index in [2.05, 4.69) is 15.6 Å². The Hall–Kier alpha value is -2.05. The van der Waals surface area contributed by atoms with Crippen LogP contribution in [0.3, 0.4) is 0 Å². The van der Waals surface area contributed by atoms with E-state index in [-0.39, 0.29) is 24.8 Å². The van der Waals surface area contributed by atoms with Crippen LogP contribution in [0.1, 0.15) is 51.8 Å². The number of rotatable bonds is 6. The first-order chi connectivity index (χ1) is 14.3. The molecular formula is C19H32N6O5S. The summed E-state index contributed by atoms with van der Waals surface area (Å²) in [5.74, 6) is -0.708. The van der Waals surface area contributed by atoms with Crippen molar-refractivity contribution in [1.82, 2.24) is 29.5 Å². The maximum absolute atomic E-state index is 13.6. The van der Waals surface area contributed by atoms with Crippen molar-refractivity contribution in [3.05, 3.63) is 11.9 Å². The quantitative estimate of drug-likeness (QED) is 0.586. The SMILES string of the molecule is CNC(=O)C1CC(O)CN1C(=O)[C@@H](n1cc(C2(S(=O)(=O)N(C)C)CC2)nn1)C(C)(C)C. The van der Waals surface area contributed by atoms with Gasteiger partial charge in [-0.2, -0.15) is 0 Å². The summed E-state index contributed by atoms with van der Waals surface area (Å²) >= 11 is 0. The van der Waals surface area contributed by atoms with Crippen molar-refractivity contribution < 1.29 is 23.1 Å². The van der Waals surface area contributed by atoms with Gasteiger partial charge in [-0.05, 0) is 18.3 Å². The molecule has 11 nitrogen and oxygen atoms in total. The van der Waals surface area contributed by atoms with E-state index in [0.29, 0.717) is 18.5 Å². The predicted octanol–water partition coefficient (Wildman–Crippen LogP) is -0.546. The molecule has 1 aliphatic heterocycles. The van der Waals surface area contributed by atoms with Gasteiger partial charge >= 0.3 is 0 Å². The lowest BCUT2D eigenvalue weighted by molar-refractivity contribution is -0.144. The van der Waals surface area contributed by atoms with Gasteiger partial charge in [-0.15, -0.1) is 5.10 Å². The van der Waals surface area contributed by atoms with Gasteiger partial charge in [0.2, 0.25) is 21.8 Å². The van der Waals surface area contributed by atoms with Gasteiger partial charge in [-0.1, -0.05) is 26.0 Å². The number of nitrogens with zero attached hydrogens (tertiary/aromatic N) is 5. The maximum atomic E-state index is 13.6. The molecule has 2 fully saturated rings. The van der Waals surface area contributed by atoms with E-state index in [4.69, 9.17) is 0 Å². The molecule has 2 heterocycles. The molecule has 2 amide bonds. The van der Waals surface area contributed by atoms with E-state index in [1.807, 2.05) is 20.8 Å². The monoisotopic (exact) mass is 456 g/mol. The van der Waals surface area contributed by atoms with Gasteiger partial charge < -0.3 is 15.3 Å². The van der Waals surface area contributed by atoms with Crippen LogP contribution in [-0.4, -0.2) is 89.4 Å². The number of sulfonamides is 1. The maximum Gasteiger partial charge on any atom is 0.248 e. The number of hydrogen-bond donors (Lipinski definition) is 2. The lowest BCUT2D eigenvalue weighted by Crippen LogP contribution is -2.49. The first-order valence-corrected chi connectivity index (χ1v) is 11.7. The number of carbonyl (C=O) groups is 2. The van der Waals surface area contributed by atoms with Crippen LogP contribution in [-0.2, 0) is 24.4 Å². The second-order valence-corrected chi connectivity index (χ2v) is 12.1. The van der Waals surface area contributed by atoms with E-state index >= 15 is 0 Å². The third kappa shape index (κ3) is 3.96. The third-order valence-corrected chi connectivity index (χ3v) is 8.65. The third-order valence-electron chi connectivity index (χ3n) is 6.09. The van der Waals surface area contributed by atoms with Crippen molar-refractivity contribution in [2.45, 2.75) is 63.0 Å². The van der Waals surface area contributed by atoms with Gasteiger partial charge in [-0.25, -0.2) is 17.4 Å². The normalized spacial score (nSPS) is 24.3. The molecule has 3 atom stereocenters. The van der Waals surface area contributed by atoms with E-state index in [1.165, 1.54) is 41.2 Å². The summed E-state index contributed by atoms with van der Waals surface area (Å²) in [5, 5.41) is 20.9. The van der Waals surface area contributed by atoms with Crippen molar-refractivity contribution >= 4 is 21.8 Å². The number of carbonyl (C=O) groups excluding carboxylic acids is 2. The lowest BCUT2D eigenvalue weighted by atomic mass is 9.85. The molecule has 174 valence electrons. The lowest BCUT2D eigenvalue weighted by Gasteiger charge is -2.34. The van der Waals surface area contributed by atoms with E-state index in [0.717, 1.165) is 0 Å². The summed E-state index contributed by atoms with van der Waals surface area (Å²) in [6.45, 7) is 5.63. The molecule has 1 saturated carbocycles. The molecule has 2 unspecified atom stereocenters. The molecule has 2 aliphatic rings. The molecule has 3 rings (SSSR count). The number of amides is 2. The van der Waals surface area contributed by atoms with Crippen LogP contribution in [0, 0.1) is 5.41 Å². The first kappa shape index (κ1) is 23.6. The zero-order chi connectivity index (χ0) is 23.4. The Morgan fingerprint density at radius 1 is 1.32 bits per heavy atom. The highest BCUT2D eigenvalue weighted by atomic mass is 32.2. The zero-order valence-corrected chi connectivity index (χ0v) is 19.7.